The van der Waals surface area contributed by atoms with Crippen molar-refractivity contribution in [1.82, 2.24) is 14.2 Å². The molecule has 9 nitrogen and oxygen atoms in total. The molecule has 4 atom stereocenters. The van der Waals surface area contributed by atoms with Gasteiger partial charge in [-0.2, -0.15) is 4.68 Å². The van der Waals surface area contributed by atoms with Gasteiger partial charge >= 0.3 is 5.69 Å². The molecule has 0 amide bonds. The number of rotatable bonds is 5. The molecule has 2 fully saturated rings. The van der Waals surface area contributed by atoms with Gasteiger partial charge in [-0.15, -0.1) is 0 Å². The summed E-state index contributed by atoms with van der Waals surface area (Å²) in [6, 6.07) is 0.0189. The molecule has 0 aromatic carbocycles. The monoisotopic (exact) mass is 402 g/mol. The van der Waals surface area contributed by atoms with Gasteiger partial charge in [0.05, 0.1) is 17.0 Å². The topological polar surface area (TPSA) is 121 Å². The molecule has 1 aliphatic carbocycles. The van der Waals surface area contributed by atoms with Crippen molar-refractivity contribution in [3.63, 3.8) is 0 Å². The highest BCUT2D eigenvalue weighted by Gasteiger charge is 2.38. The van der Waals surface area contributed by atoms with Crippen LogP contribution in [-0.2, 0) is 4.74 Å². The molecule has 1 saturated heterocycles. The third-order valence-corrected chi connectivity index (χ3v) is 6.65. The van der Waals surface area contributed by atoms with Gasteiger partial charge in [0.2, 0.25) is 0 Å². The quantitative estimate of drug-likeness (QED) is 0.692. The smallest absolute Gasteiger partial charge is 0.350 e. The van der Waals surface area contributed by atoms with Gasteiger partial charge in [0, 0.05) is 44.0 Å². The van der Waals surface area contributed by atoms with Crippen LogP contribution in [0, 0.1) is 18.8 Å². The molecule has 9 heteroatoms. The Kier molecular flexibility index (Phi) is 4.90. The van der Waals surface area contributed by atoms with E-state index in [1.54, 1.807) is 17.9 Å². The van der Waals surface area contributed by atoms with Crippen LogP contribution in [0.3, 0.4) is 0 Å². The molecule has 4 rings (SSSR count). The molecule has 29 heavy (non-hydrogen) atoms. The fourth-order valence-corrected chi connectivity index (χ4v) is 4.65. The zero-order valence-electron chi connectivity index (χ0n) is 17.5. The van der Waals surface area contributed by atoms with Gasteiger partial charge in [-0.3, -0.25) is 9.36 Å². The zero-order valence-corrected chi connectivity index (χ0v) is 17.5. The Bertz CT molecular complexity index is 1060. The lowest BCUT2D eigenvalue weighted by atomic mass is 9.88. The van der Waals surface area contributed by atoms with Crippen LogP contribution < -0.4 is 27.7 Å². The third-order valence-electron chi connectivity index (χ3n) is 6.65. The summed E-state index contributed by atoms with van der Waals surface area (Å²) in [6.07, 6.45) is 3.35. The fourth-order valence-electron chi connectivity index (χ4n) is 4.65. The van der Waals surface area contributed by atoms with Crippen molar-refractivity contribution in [3.05, 3.63) is 32.6 Å². The first kappa shape index (κ1) is 19.9. The molecule has 2 aliphatic rings. The second-order valence-corrected chi connectivity index (χ2v) is 8.59. The summed E-state index contributed by atoms with van der Waals surface area (Å²) in [5.41, 5.74) is 6.97. The normalized spacial score (nSPS) is 24.2. The van der Waals surface area contributed by atoms with Crippen molar-refractivity contribution in [1.29, 1.82) is 0 Å². The van der Waals surface area contributed by atoms with Crippen LogP contribution in [0.2, 0.25) is 0 Å². The van der Waals surface area contributed by atoms with Crippen molar-refractivity contribution < 1.29 is 4.74 Å². The van der Waals surface area contributed by atoms with E-state index in [0.717, 1.165) is 37.3 Å². The summed E-state index contributed by atoms with van der Waals surface area (Å²) < 4.78 is 7.80. The van der Waals surface area contributed by atoms with E-state index < -0.39 is 11.2 Å². The average Bonchev–Trinajstić information content (AvgIpc) is 3.47. The Hall–Kier alpha value is -2.39. The van der Waals surface area contributed by atoms with E-state index in [1.165, 1.54) is 0 Å². The zero-order chi connectivity index (χ0) is 21.0. The first-order chi connectivity index (χ1) is 13.8. The second-order valence-electron chi connectivity index (χ2n) is 8.59. The van der Waals surface area contributed by atoms with Gasteiger partial charge in [-0.25, -0.2) is 9.78 Å². The lowest BCUT2D eigenvalue weighted by Crippen LogP contribution is -2.45. The molecular weight excluding hydrogens is 372 g/mol. The van der Waals surface area contributed by atoms with Gasteiger partial charge in [-0.1, -0.05) is 6.92 Å². The summed E-state index contributed by atoms with van der Waals surface area (Å²) in [6.45, 7) is 7.69. The van der Waals surface area contributed by atoms with Crippen molar-refractivity contribution >= 4 is 16.7 Å². The minimum Gasteiger partial charge on any atom is -0.380 e. The number of nitrogen functional groups attached to an aromatic ring is 1. The summed E-state index contributed by atoms with van der Waals surface area (Å²) in [4.78, 5) is 32.1. The molecule has 0 spiro atoms. The second kappa shape index (κ2) is 7.14. The van der Waals surface area contributed by atoms with E-state index in [9.17, 15) is 9.59 Å². The summed E-state index contributed by atoms with van der Waals surface area (Å²) in [5.74, 6) is 7.19. The minimum atomic E-state index is -0.507. The van der Waals surface area contributed by atoms with Crippen LogP contribution in [0.1, 0.15) is 38.3 Å². The maximum atomic E-state index is 12.7. The van der Waals surface area contributed by atoms with E-state index in [4.69, 9.17) is 16.3 Å². The first-order valence-corrected chi connectivity index (χ1v) is 10.2. The highest BCUT2D eigenvalue weighted by Crippen LogP contribution is 2.38. The number of aryl methyl sites for hydroxylation is 1. The lowest BCUT2D eigenvalue weighted by Gasteiger charge is -2.27. The van der Waals surface area contributed by atoms with Gasteiger partial charge in [0.15, 0.2) is 0 Å². The van der Waals surface area contributed by atoms with Crippen LogP contribution in [0.4, 0.5) is 5.82 Å². The fraction of sp³-hybridized carbons (Fsp3) is 0.650. The molecule has 1 aliphatic heterocycles. The predicted octanol–water partition coefficient (Wildman–Crippen LogP) is 0.350. The van der Waals surface area contributed by atoms with Gasteiger partial charge < -0.3 is 21.2 Å². The number of anilines is 1. The van der Waals surface area contributed by atoms with Gasteiger partial charge in [-0.05, 0) is 38.5 Å². The number of methoxy groups -OCH3 is 1. The molecule has 4 N–H and O–H groups in total. The van der Waals surface area contributed by atoms with Crippen molar-refractivity contribution in [2.45, 2.75) is 51.8 Å². The van der Waals surface area contributed by atoms with Crippen molar-refractivity contribution in [2.75, 3.05) is 30.9 Å². The number of pyridine rings is 1. The number of hydrogen-bond acceptors (Lipinski definition) is 7. The number of nitrogens with two attached hydrogens (primary N) is 2. The van der Waals surface area contributed by atoms with Crippen LogP contribution in [-0.4, -0.2) is 46.6 Å². The minimum absolute atomic E-state index is 0.0314. The van der Waals surface area contributed by atoms with E-state index in [1.807, 2.05) is 13.8 Å². The number of nitrogens with zero attached hydrogens (tertiary/aromatic N) is 4. The molecule has 4 unspecified atom stereocenters. The number of hydrogen-bond donors (Lipinski definition) is 2. The SMILES string of the molecule is COC(C)C(N)C1CN(c2ncc3c(=O)n(N)c(=O)n(C4CC4)c3c2C)CC1C. The maximum absolute atomic E-state index is 12.7. The molecule has 2 aromatic rings. The Morgan fingerprint density at radius 2 is 1.97 bits per heavy atom. The number of fused-ring (bicyclic) bond motifs is 1. The van der Waals surface area contributed by atoms with E-state index in [-0.39, 0.29) is 24.1 Å². The van der Waals surface area contributed by atoms with Gasteiger partial charge in [0.1, 0.15) is 5.82 Å². The third kappa shape index (κ3) is 3.12. The number of ether oxygens (including phenoxy) is 1. The molecule has 0 radical (unpaired) electrons. The highest BCUT2D eigenvalue weighted by molar-refractivity contribution is 5.84. The summed E-state index contributed by atoms with van der Waals surface area (Å²) >= 11 is 0. The highest BCUT2D eigenvalue weighted by atomic mass is 16.5. The Morgan fingerprint density at radius 1 is 1.28 bits per heavy atom. The molecule has 2 aromatic heterocycles. The Balaban J connectivity index is 1.79. The largest absolute Gasteiger partial charge is 0.380 e. The Labute approximate surface area is 169 Å². The van der Waals surface area contributed by atoms with Crippen molar-refractivity contribution in [2.24, 2.45) is 17.6 Å². The standard InChI is InChI=1S/C20H30N6O3/c1-10-8-24(9-15(10)16(21)12(3)29-4)18-11(2)17-14(7-23-18)19(27)26(22)20(28)25(17)13-5-6-13/h7,10,12-13,15-16H,5-6,8-9,21-22H2,1-4H3. The maximum Gasteiger partial charge on any atom is 0.350 e. The van der Waals surface area contributed by atoms with E-state index in [0.29, 0.717) is 21.5 Å². The van der Waals surface area contributed by atoms with Gasteiger partial charge in [0.25, 0.3) is 5.56 Å². The van der Waals surface area contributed by atoms with Crippen LogP contribution in [0.25, 0.3) is 10.9 Å². The van der Waals surface area contributed by atoms with Crippen LogP contribution >= 0.6 is 0 Å². The van der Waals surface area contributed by atoms with E-state index in [2.05, 4.69) is 16.8 Å². The Morgan fingerprint density at radius 3 is 2.59 bits per heavy atom. The van der Waals surface area contributed by atoms with Crippen LogP contribution in [0.15, 0.2) is 15.8 Å². The molecule has 3 heterocycles. The first-order valence-electron chi connectivity index (χ1n) is 10.2. The summed E-state index contributed by atoms with van der Waals surface area (Å²) in [5, 5.41) is 0.383. The molecular formula is C20H30N6O3. The average molecular weight is 402 g/mol. The lowest BCUT2D eigenvalue weighted by molar-refractivity contribution is 0.0727. The van der Waals surface area contributed by atoms with Crippen molar-refractivity contribution in [3.8, 4) is 0 Å². The number of aromatic nitrogens is 3. The predicted molar refractivity (Wildman–Crippen MR) is 113 cm³/mol. The molecule has 0 bridgehead atoms. The van der Waals surface area contributed by atoms with Crippen LogP contribution in [0.5, 0.6) is 0 Å². The van der Waals surface area contributed by atoms with E-state index >= 15 is 0 Å². The summed E-state index contributed by atoms with van der Waals surface area (Å²) in [7, 11) is 1.68. The molecule has 1 saturated carbocycles. The molecule has 158 valence electrons.